The van der Waals surface area contributed by atoms with E-state index in [0.29, 0.717) is 11.5 Å². The lowest BCUT2D eigenvalue weighted by Crippen LogP contribution is -2.34. The summed E-state index contributed by atoms with van der Waals surface area (Å²) in [6.07, 6.45) is 5.50. The number of allylic oxidation sites excluding steroid dienone is 1. The quantitative estimate of drug-likeness (QED) is 0.624. The van der Waals surface area contributed by atoms with Crippen LogP contribution in [0.4, 0.5) is 0 Å². The maximum atomic E-state index is 3.49. The average molecular weight is 169 g/mol. The summed E-state index contributed by atoms with van der Waals surface area (Å²) in [5, 5.41) is 3.49. The highest BCUT2D eigenvalue weighted by Crippen LogP contribution is 2.17. The Morgan fingerprint density at radius 1 is 1.42 bits per heavy atom. The van der Waals surface area contributed by atoms with Gasteiger partial charge in [0.05, 0.1) is 0 Å². The lowest BCUT2D eigenvalue weighted by molar-refractivity contribution is 0.322. The van der Waals surface area contributed by atoms with Gasteiger partial charge in [0.2, 0.25) is 0 Å². The van der Waals surface area contributed by atoms with E-state index < -0.39 is 0 Å². The van der Waals surface area contributed by atoms with Crippen LogP contribution in [0.5, 0.6) is 0 Å². The van der Waals surface area contributed by atoms with Crippen molar-refractivity contribution in [2.24, 2.45) is 5.41 Å². The van der Waals surface area contributed by atoms with E-state index in [4.69, 9.17) is 0 Å². The summed E-state index contributed by atoms with van der Waals surface area (Å²) in [6, 6.07) is 0.501. The molecule has 0 aromatic heterocycles. The molecule has 0 amide bonds. The second-order valence-corrected chi connectivity index (χ2v) is 4.21. The third-order valence-corrected chi connectivity index (χ3v) is 2.34. The standard InChI is InChI=1S/C11H23N/c1-6-8-10(3)12-9-11(4,5)7-2/h6,8,10,12H,7,9H2,1-5H3/b8-6-. The van der Waals surface area contributed by atoms with Crippen LogP contribution in [0.3, 0.4) is 0 Å². The first-order valence-corrected chi connectivity index (χ1v) is 4.88. The predicted octanol–water partition coefficient (Wildman–Crippen LogP) is 2.98. The maximum Gasteiger partial charge on any atom is 0.0221 e. The Hall–Kier alpha value is -0.300. The fraction of sp³-hybridized carbons (Fsp3) is 0.818. The van der Waals surface area contributed by atoms with Gasteiger partial charge in [-0.1, -0.05) is 32.9 Å². The van der Waals surface area contributed by atoms with Gasteiger partial charge in [-0.15, -0.1) is 0 Å². The minimum Gasteiger partial charge on any atom is -0.310 e. The van der Waals surface area contributed by atoms with Gasteiger partial charge in [-0.3, -0.25) is 0 Å². The Morgan fingerprint density at radius 3 is 2.42 bits per heavy atom. The molecule has 0 aliphatic rings. The molecule has 0 rings (SSSR count). The zero-order valence-corrected chi connectivity index (χ0v) is 9.15. The van der Waals surface area contributed by atoms with E-state index >= 15 is 0 Å². The van der Waals surface area contributed by atoms with Crippen molar-refractivity contribution in [3.63, 3.8) is 0 Å². The first-order chi connectivity index (χ1) is 5.52. The second-order valence-electron chi connectivity index (χ2n) is 4.21. The van der Waals surface area contributed by atoms with Crippen LogP contribution in [0.1, 0.15) is 41.0 Å². The van der Waals surface area contributed by atoms with Crippen LogP contribution in [0, 0.1) is 5.41 Å². The predicted molar refractivity (Wildman–Crippen MR) is 56.4 cm³/mol. The minimum atomic E-state index is 0.426. The highest BCUT2D eigenvalue weighted by atomic mass is 14.9. The highest BCUT2D eigenvalue weighted by molar-refractivity contribution is 4.88. The maximum absolute atomic E-state index is 3.49. The van der Waals surface area contributed by atoms with Crippen LogP contribution in [0.2, 0.25) is 0 Å². The molecule has 0 bridgehead atoms. The first-order valence-electron chi connectivity index (χ1n) is 4.88. The van der Waals surface area contributed by atoms with Gasteiger partial charge < -0.3 is 5.32 Å². The van der Waals surface area contributed by atoms with Crippen LogP contribution >= 0.6 is 0 Å². The van der Waals surface area contributed by atoms with Crippen molar-refractivity contribution in [1.82, 2.24) is 5.32 Å². The summed E-state index contributed by atoms with van der Waals surface area (Å²) >= 11 is 0. The molecular weight excluding hydrogens is 146 g/mol. The molecule has 0 saturated heterocycles. The van der Waals surface area contributed by atoms with Crippen molar-refractivity contribution in [1.29, 1.82) is 0 Å². The van der Waals surface area contributed by atoms with Gasteiger partial charge in [-0.25, -0.2) is 0 Å². The van der Waals surface area contributed by atoms with Gasteiger partial charge in [0.1, 0.15) is 0 Å². The molecule has 1 N–H and O–H groups in total. The Bertz CT molecular complexity index is 136. The van der Waals surface area contributed by atoms with E-state index in [1.165, 1.54) is 6.42 Å². The molecule has 0 aliphatic heterocycles. The second kappa shape index (κ2) is 5.36. The minimum absolute atomic E-state index is 0.426. The Balaban J connectivity index is 3.67. The van der Waals surface area contributed by atoms with Gasteiger partial charge in [-0.05, 0) is 25.7 Å². The largest absolute Gasteiger partial charge is 0.310 e. The molecule has 0 saturated carbocycles. The van der Waals surface area contributed by atoms with Crippen LogP contribution in [0.25, 0.3) is 0 Å². The van der Waals surface area contributed by atoms with Crippen molar-refractivity contribution in [2.45, 2.75) is 47.1 Å². The topological polar surface area (TPSA) is 12.0 Å². The molecule has 0 radical (unpaired) electrons. The number of hydrogen-bond donors (Lipinski definition) is 1. The SMILES string of the molecule is C/C=C\C(C)NCC(C)(C)CC. The fourth-order valence-electron chi connectivity index (χ4n) is 0.919. The van der Waals surface area contributed by atoms with E-state index in [0.717, 1.165) is 6.54 Å². The van der Waals surface area contributed by atoms with Crippen molar-refractivity contribution in [3.8, 4) is 0 Å². The molecule has 1 unspecified atom stereocenters. The fourth-order valence-corrected chi connectivity index (χ4v) is 0.919. The van der Waals surface area contributed by atoms with Gasteiger partial charge >= 0.3 is 0 Å². The van der Waals surface area contributed by atoms with Crippen LogP contribution < -0.4 is 5.32 Å². The van der Waals surface area contributed by atoms with Crippen molar-refractivity contribution in [3.05, 3.63) is 12.2 Å². The number of nitrogens with one attached hydrogen (secondary N) is 1. The van der Waals surface area contributed by atoms with Crippen molar-refractivity contribution >= 4 is 0 Å². The first kappa shape index (κ1) is 11.7. The molecule has 0 aliphatic carbocycles. The summed E-state index contributed by atoms with van der Waals surface area (Å²) in [5.41, 5.74) is 0.426. The molecule has 0 aromatic carbocycles. The molecule has 1 atom stereocenters. The van der Waals surface area contributed by atoms with E-state index in [1.54, 1.807) is 0 Å². The van der Waals surface area contributed by atoms with Gasteiger partial charge in [0.25, 0.3) is 0 Å². The van der Waals surface area contributed by atoms with Gasteiger partial charge in [-0.2, -0.15) is 0 Å². The molecule has 0 spiro atoms. The molecular formula is C11H23N. The average Bonchev–Trinajstić information content (AvgIpc) is 2.02. The Kier molecular flexibility index (Phi) is 5.23. The zero-order chi connectivity index (χ0) is 9.61. The number of rotatable bonds is 5. The van der Waals surface area contributed by atoms with E-state index in [-0.39, 0.29) is 0 Å². The normalized spacial score (nSPS) is 15.4. The van der Waals surface area contributed by atoms with Gasteiger partial charge in [0, 0.05) is 12.6 Å². The van der Waals surface area contributed by atoms with E-state index in [2.05, 4.69) is 52.1 Å². The highest BCUT2D eigenvalue weighted by Gasteiger charge is 2.14. The number of hydrogen-bond acceptors (Lipinski definition) is 1. The van der Waals surface area contributed by atoms with E-state index in [1.807, 2.05) is 0 Å². The van der Waals surface area contributed by atoms with Crippen molar-refractivity contribution in [2.75, 3.05) is 6.54 Å². The summed E-state index contributed by atoms with van der Waals surface area (Å²) in [4.78, 5) is 0. The van der Waals surface area contributed by atoms with Crippen LogP contribution in [0.15, 0.2) is 12.2 Å². The summed E-state index contributed by atoms with van der Waals surface area (Å²) in [7, 11) is 0. The van der Waals surface area contributed by atoms with E-state index in [9.17, 15) is 0 Å². The zero-order valence-electron chi connectivity index (χ0n) is 9.15. The van der Waals surface area contributed by atoms with Crippen LogP contribution in [-0.4, -0.2) is 12.6 Å². The lowest BCUT2D eigenvalue weighted by atomic mass is 9.90. The third-order valence-electron chi connectivity index (χ3n) is 2.34. The lowest BCUT2D eigenvalue weighted by Gasteiger charge is -2.24. The van der Waals surface area contributed by atoms with Gasteiger partial charge in [0.15, 0.2) is 0 Å². The molecule has 72 valence electrons. The van der Waals surface area contributed by atoms with Crippen molar-refractivity contribution < 1.29 is 0 Å². The molecule has 1 nitrogen and oxygen atoms in total. The summed E-state index contributed by atoms with van der Waals surface area (Å²) < 4.78 is 0. The molecule has 0 heterocycles. The Labute approximate surface area is 77.2 Å². The van der Waals surface area contributed by atoms with Crippen LogP contribution in [-0.2, 0) is 0 Å². The monoisotopic (exact) mass is 169 g/mol. The smallest absolute Gasteiger partial charge is 0.0221 e. The third kappa shape index (κ3) is 5.36. The Morgan fingerprint density at radius 2 is 2.00 bits per heavy atom. The molecule has 12 heavy (non-hydrogen) atoms. The molecule has 0 fully saturated rings. The molecule has 0 aromatic rings. The summed E-state index contributed by atoms with van der Waals surface area (Å²) in [5.74, 6) is 0. The molecule has 1 heteroatoms. The summed E-state index contributed by atoms with van der Waals surface area (Å²) in [6.45, 7) is 12.2.